The van der Waals surface area contributed by atoms with E-state index in [1.165, 1.54) is 48.5 Å². The monoisotopic (exact) mass is 1380 g/mol. The Balaban J connectivity index is 0.000000281. The highest BCUT2D eigenvalue weighted by atomic mass is 19.1. The fourth-order valence-electron chi connectivity index (χ4n) is 10.7. The Morgan fingerprint density at radius 1 is 0.410 bits per heavy atom. The fourth-order valence-corrected chi connectivity index (χ4v) is 10.7. The zero-order valence-corrected chi connectivity index (χ0v) is 58.8. The van der Waals surface area contributed by atoms with Gasteiger partial charge in [-0.3, -0.25) is 38.9 Å². The number of nitro groups is 1. The van der Waals surface area contributed by atoms with Gasteiger partial charge < -0.3 is 70.5 Å². The highest BCUT2D eigenvalue weighted by Gasteiger charge is 2.26. The zero-order chi connectivity index (χ0) is 72.6. The molecule has 2 fully saturated rings. The average molecular weight is 1380 g/mol. The SMILES string of the molecule is CC(C)COc1cc(C(=O)Nc2ccc(C(=O)NC3CCC(C)CC3)cc2OCC(C)C)ccc1NC(=O)c1ccc(F)c(OCCO)c1.CC(C)COc1cc(C(=O)Nc2ccc(C(=O)NC3CCC(C)CC3)cc2OCC(C)C)ccc1NC(=O)c1ccc([N+](=O)[O-])c(OCCO)c1. The number of aliphatic hydroxyl groups excluding tert-OH is 2. The quantitative estimate of drug-likeness (QED) is 0.0148. The second kappa shape index (κ2) is 38.0. The van der Waals surface area contributed by atoms with E-state index in [-0.39, 0.29) is 131 Å². The van der Waals surface area contributed by atoms with Gasteiger partial charge in [-0.1, -0.05) is 69.2 Å². The zero-order valence-electron chi connectivity index (χ0n) is 58.8. The molecule has 23 nitrogen and oxygen atoms in total. The highest BCUT2D eigenvalue weighted by Crippen LogP contribution is 2.36. The van der Waals surface area contributed by atoms with Gasteiger partial charge in [0.25, 0.3) is 35.4 Å². The molecule has 538 valence electrons. The number of benzene rings is 6. The number of nitro benzene ring substituents is 1. The van der Waals surface area contributed by atoms with Gasteiger partial charge >= 0.3 is 5.69 Å². The van der Waals surface area contributed by atoms with E-state index in [1.54, 1.807) is 48.5 Å². The summed E-state index contributed by atoms with van der Waals surface area (Å²) in [7, 11) is 0. The van der Waals surface area contributed by atoms with Crippen LogP contribution in [0.5, 0.6) is 34.5 Å². The first kappa shape index (κ1) is 77.5. The van der Waals surface area contributed by atoms with Crippen molar-refractivity contribution >= 4 is 63.9 Å². The maximum atomic E-state index is 14.1. The van der Waals surface area contributed by atoms with E-state index in [0.29, 0.717) is 78.0 Å². The number of ether oxygens (including phenoxy) is 6. The second-order valence-electron chi connectivity index (χ2n) is 27.1. The van der Waals surface area contributed by atoms with Crippen molar-refractivity contribution in [2.24, 2.45) is 35.5 Å². The number of halogens is 1. The lowest BCUT2D eigenvalue weighted by Gasteiger charge is -2.27. The molecule has 0 aliphatic heterocycles. The van der Waals surface area contributed by atoms with E-state index >= 15 is 0 Å². The van der Waals surface area contributed by atoms with Gasteiger partial charge in [-0.15, -0.1) is 0 Å². The van der Waals surface area contributed by atoms with Gasteiger partial charge in [0.15, 0.2) is 17.3 Å². The van der Waals surface area contributed by atoms with E-state index in [9.17, 15) is 43.3 Å². The molecule has 6 aromatic rings. The second-order valence-corrected chi connectivity index (χ2v) is 27.1. The molecular weight excluding hydrogens is 1290 g/mol. The third-order valence-electron chi connectivity index (χ3n) is 16.3. The molecule has 0 bridgehead atoms. The Morgan fingerprint density at radius 3 is 0.980 bits per heavy atom. The standard InChI is InChI=1S/C38H48FN3O7.C38H48N4O9/c1-23(2)21-48-34-19-27(36(44)40-29-11-6-25(5)7-12-29)9-14-31(34)42-38(46)28-10-15-32(35(20-28)49-22-24(3)4)41-37(45)26-8-13-30(39)33(18-26)47-17-16-43;1-23(2)21-50-33-18-26(36(44)39-29-11-6-25(5)7-12-29)8-13-30(33)40-37(45)27-9-14-31(34(19-27)51-22-24(3)4)41-38(46)28-10-15-32(42(47)48)35(20-28)49-17-16-43/h8-10,13-15,18-20,23-25,29,43H,6-7,11-12,16-17,21-22H2,1-5H3,(H,40,44)(H,41,45)(H,42,46);8-10,13-15,18-20,23-25,29,43H,6-7,11-12,16-17,21-22H2,1-5H3,(H,39,44)(H,40,45)(H,41,46). The van der Waals surface area contributed by atoms with Crippen LogP contribution in [0.4, 0.5) is 32.8 Å². The van der Waals surface area contributed by atoms with Crippen molar-refractivity contribution in [1.29, 1.82) is 0 Å². The molecule has 0 radical (unpaired) electrons. The first-order valence-corrected chi connectivity index (χ1v) is 34.3. The van der Waals surface area contributed by atoms with Crippen molar-refractivity contribution < 1.29 is 76.7 Å². The van der Waals surface area contributed by atoms with Crippen LogP contribution >= 0.6 is 0 Å². The molecule has 100 heavy (non-hydrogen) atoms. The van der Waals surface area contributed by atoms with E-state index in [0.717, 1.165) is 63.5 Å². The summed E-state index contributed by atoms with van der Waals surface area (Å²) < 4.78 is 48.7. The van der Waals surface area contributed by atoms with Crippen LogP contribution < -0.4 is 60.3 Å². The first-order valence-electron chi connectivity index (χ1n) is 34.3. The van der Waals surface area contributed by atoms with Crippen LogP contribution in [-0.4, -0.2) is 116 Å². The van der Waals surface area contributed by atoms with Crippen LogP contribution in [-0.2, 0) is 0 Å². The van der Waals surface area contributed by atoms with Crippen LogP contribution in [0, 0.1) is 51.4 Å². The third-order valence-corrected chi connectivity index (χ3v) is 16.3. The molecule has 0 atom stereocenters. The summed E-state index contributed by atoms with van der Waals surface area (Å²) in [5.41, 5.74) is 2.64. The number of carbonyl (C=O) groups excluding carboxylic acids is 6. The van der Waals surface area contributed by atoms with Gasteiger partial charge in [0.2, 0.25) is 0 Å². The summed E-state index contributed by atoms with van der Waals surface area (Å²) in [6.07, 6.45) is 8.15. The van der Waals surface area contributed by atoms with Gasteiger partial charge in [-0.25, -0.2) is 4.39 Å². The minimum Gasteiger partial charge on any atom is -0.491 e. The minimum absolute atomic E-state index is 0.0737. The summed E-state index contributed by atoms with van der Waals surface area (Å²) in [4.78, 5) is 90.6. The van der Waals surface area contributed by atoms with Crippen molar-refractivity contribution in [3.05, 3.63) is 159 Å². The number of hydrogen-bond donors (Lipinski definition) is 8. The Bertz CT molecular complexity index is 3790. The predicted octanol–water partition coefficient (Wildman–Crippen LogP) is 13.9. The molecule has 0 heterocycles. The van der Waals surface area contributed by atoms with E-state index in [1.807, 2.05) is 55.4 Å². The molecule has 0 aromatic heterocycles. The van der Waals surface area contributed by atoms with Crippen molar-refractivity contribution in [2.45, 2.75) is 133 Å². The molecule has 8 N–H and O–H groups in total. The molecular formula is C76H96FN7O16. The van der Waals surface area contributed by atoms with Crippen LogP contribution in [0.2, 0.25) is 0 Å². The van der Waals surface area contributed by atoms with E-state index < -0.39 is 34.4 Å². The summed E-state index contributed by atoms with van der Waals surface area (Å²) >= 11 is 0. The number of carbonyl (C=O) groups is 6. The largest absolute Gasteiger partial charge is 0.491 e. The molecule has 6 aromatic carbocycles. The Labute approximate surface area is 584 Å². The van der Waals surface area contributed by atoms with Crippen LogP contribution in [0.25, 0.3) is 0 Å². The van der Waals surface area contributed by atoms with Crippen LogP contribution in [0.1, 0.15) is 183 Å². The molecule has 0 saturated heterocycles. The van der Waals surface area contributed by atoms with Crippen LogP contribution in [0.15, 0.2) is 109 Å². The molecule has 2 saturated carbocycles. The summed E-state index contributed by atoms with van der Waals surface area (Å²) in [5.74, 6) is -0.0957. The first-order chi connectivity index (χ1) is 47.8. The van der Waals surface area contributed by atoms with Crippen molar-refractivity contribution in [3.8, 4) is 34.5 Å². The third kappa shape index (κ3) is 23.7. The lowest BCUT2D eigenvalue weighted by atomic mass is 9.87. The van der Waals surface area contributed by atoms with Gasteiger partial charge in [0.05, 0.1) is 67.3 Å². The Hall–Kier alpha value is -9.81. The summed E-state index contributed by atoms with van der Waals surface area (Å²) in [6.45, 7) is 20.8. The average Bonchev–Trinajstić information content (AvgIpc) is 0.829. The summed E-state index contributed by atoms with van der Waals surface area (Å²) in [5, 5.41) is 47.1. The van der Waals surface area contributed by atoms with Gasteiger partial charge in [-0.2, -0.15) is 0 Å². The Kier molecular flexibility index (Phi) is 29.4. The van der Waals surface area contributed by atoms with Crippen molar-refractivity contribution in [2.75, 3.05) is 74.1 Å². The number of anilines is 4. The van der Waals surface area contributed by atoms with Gasteiger partial charge in [0.1, 0.15) is 36.2 Å². The lowest BCUT2D eigenvalue weighted by molar-refractivity contribution is -0.385. The van der Waals surface area contributed by atoms with Crippen LogP contribution in [0.3, 0.4) is 0 Å². The number of amides is 6. The van der Waals surface area contributed by atoms with Crippen molar-refractivity contribution in [1.82, 2.24) is 10.6 Å². The fraction of sp³-hybridized carbons (Fsp3) is 0.447. The van der Waals surface area contributed by atoms with E-state index in [2.05, 4.69) is 45.7 Å². The Morgan fingerprint density at radius 2 is 0.680 bits per heavy atom. The maximum absolute atomic E-state index is 14.1. The lowest BCUT2D eigenvalue weighted by Crippen LogP contribution is -2.37. The molecule has 2 aliphatic carbocycles. The number of hydrogen-bond acceptors (Lipinski definition) is 16. The number of nitrogens with one attached hydrogen (secondary N) is 6. The number of aliphatic hydroxyl groups is 2. The molecule has 24 heteroatoms. The highest BCUT2D eigenvalue weighted by molar-refractivity contribution is 6.10. The molecule has 0 unspecified atom stereocenters. The molecule has 2 aliphatic rings. The normalized spacial score (nSPS) is 15.7. The topological polar surface area (TPSA) is 314 Å². The van der Waals surface area contributed by atoms with E-state index in [4.69, 9.17) is 38.6 Å². The van der Waals surface area contributed by atoms with Gasteiger partial charge in [-0.05, 0) is 184 Å². The van der Waals surface area contributed by atoms with Crippen molar-refractivity contribution in [3.63, 3.8) is 0 Å². The van der Waals surface area contributed by atoms with Gasteiger partial charge in [0, 0.05) is 57.6 Å². The minimum atomic E-state index is -0.661. The number of rotatable bonds is 31. The maximum Gasteiger partial charge on any atom is 0.310 e. The molecule has 6 amide bonds. The summed E-state index contributed by atoms with van der Waals surface area (Å²) in [6, 6.07) is 26.8. The predicted molar refractivity (Wildman–Crippen MR) is 381 cm³/mol. The molecule has 0 spiro atoms. The smallest absolute Gasteiger partial charge is 0.310 e. The number of nitrogens with zero attached hydrogens (tertiary/aromatic N) is 1. The molecule has 8 rings (SSSR count).